The van der Waals surface area contributed by atoms with Crippen LogP contribution >= 0.6 is 12.6 Å². The molecule has 0 aromatic carbocycles. The zero-order valence-corrected chi connectivity index (χ0v) is 10.6. The average Bonchev–Trinajstić information content (AvgIpc) is 2.12. The van der Waals surface area contributed by atoms with Crippen LogP contribution in [0.1, 0.15) is 33.1 Å². The van der Waals surface area contributed by atoms with Gasteiger partial charge in [0.05, 0.1) is 6.10 Å². The monoisotopic (exact) mass is 219 g/mol. The van der Waals surface area contributed by atoms with E-state index in [1.165, 1.54) is 12.8 Å². The van der Waals surface area contributed by atoms with E-state index in [1.54, 1.807) is 0 Å². The van der Waals surface area contributed by atoms with Gasteiger partial charge in [0.2, 0.25) is 0 Å². The van der Waals surface area contributed by atoms with E-state index in [9.17, 15) is 0 Å². The summed E-state index contributed by atoms with van der Waals surface area (Å²) in [6.07, 6.45) is 3.13. The van der Waals surface area contributed by atoms with Crippen LogP contribution in [0.2, 0.25) is 0 Å². The lowest BCUT2D eigenvalue weighted by Gasteiger charge is -2.19. The van der Waals surface area contributed by atoms with Crippen LogP contribution in [-0.4, -0.2) is 42.0 Å². The van der Waals surface area contributed by atoms with E-state index in [1.807, 2.05) is 6.92 Å². The number of hydrogen-bond acceptors (Lipinski definition) is 3. The Balaban J connectivity index is 3.38. The first-order chi connectivity index (χ1) is 6.56. The molecule has 0 saturated carbocycles. The fourth-order valence-electron chi connectivity index (χ4n) is 1.32. The minimum atomic E-state index is -0.174. The maximum Gasteiger partial charge on any atom is 0.0524 e. The van der Waals surface area contributed by atoms with E-state index in [-0.39, 0.29) is 6.10 Å². The Bertz CT molecular complexity index is 130. The molecule has 2 nitrogen and oxygen atoms in total. The fraction of sp³-hybridized carbons (Fsp3) is 1.00. The quantitative estimate of drug-likeness (QED) is 0.610. The first-order valence-corrected chi connectivity index (χ1v) is 6.17. The predicted octanol–water partition coefficient (Wildman–Crippen LogP) is 2.04. The molecule has 0 spiro atoms. The molecule has 2 unspecified atom stereocenters. The summed E-state index contributed by atoms with van der Waals surface area (Å²) < 4.78 is 0. The molecule has 0 aliphatic carbocycles. The third-order valence-corrected chi connectivity index (χ3v) is 2.81. The van der Waals surface area contributed by atoms with Gasteiger partial charge in [-0.3, -0.25) is 0 Å². The van der Waals surface area contributed by atoms with Gasteiger partial charge in [0, 0.05) is 6.54 Å². The molecular weight excluding hydrogens is 194 g/mol. The Hall–Kier alpha value is 0.270. The second-order valence-corrected chi connectivity index (χ2v) is 4.79. The molecule has 0 saturated heterocycles. The minimum absolute atomic E-state index is 0.174. The number of hydrogen-bond donors (Lipinski definition) is 2. The molecule has 0 aliphatic heterocycles. The molecule has 14 heavy (non-hydrogen) atoms. The summed E-state index contributed by atoms with van der Waals surface area (Å²) in [5.41, 5.74) is 0. The number of thiol groups is 1. The molecule has 0 heterocycles. The van der Waals surface area contributed by atoms with E-state index in [4.69, 9.17) is 5.11 Å². The highest BCUT2D eigenvalue weighted by Crippen LogP contribution is 2.08. The standard InChI is InChI=1S/C11H25NOS/c1-10(6-9-14)4-7-12(3)8-5-11(2)13/h10-11,13-14H,4-9H2,1-3H3. The first kappa shape index (κ1) is 14.3. The highest BCUT2D eigenvalue weighted by atomic mass is 32.1. The summed E-state index contributed by atoms with van der Waals surface area (Å²) >= 11 is 4.23. The smallest absolute Gasteiger partial charge is 0.0524 e. The van der Waals surface area contributed by atoms with Crippen molar-refractivity contribution in [1.29, 1.82) is 0 Å². The molecule has 1 N–H and O–H groups in total. The van der Waals surface area contributed by atoms with Gasteiger partial charge in [-0.2, -0.15) is 12.6 Å². The van der Waals surface area contributed by atoms with E-state index in [0.29, 0.717) is 0 Å². The third-order valence-electron chi connectivity index (χ3n) is 2.55. The molecule has 0 bridgehead atoms. The number of nitrogens with zero attached hydrogens (tertiary/aromatic N) is 1. The van der Waals surface area contributed by atoms with Crippen LogP contribution in [0.15, 0.2) is 0 Å². The molecular formula is C11H25NOS. The van der Waals surface area contributed by atoms with Gasteiger partial charge in [-0.05, 0) is 51.4 Å². The van der Waals surface area contributed by atoms with Crippen molar-refractivity contribution in [3.63, 3.8) is 0 Å². The van der Waals surface area contributed by atoms with Gasteiger partial charge < -0.3 is 10.0 Å². The van der Waals surface area contributed by atoms with Crippen LogP contribution in [0.3, 0.4) is 0 Å². The summed E-state index contributed by atoms with van der Waals surface area (Å²) in [6, 6.07) is 0. The van der Waals surface area contributed by atoms with Crippen LogP contribution < -0.4 is 0 Å². The Labute approximate surface area is 94.1 Å². The molecule has 0 radical (unpaired) electrons. The van der Waals surface area contributed by atoms with Crippen LogP contribution in [-0.2, 0) is 0 Å². The SMILES string of the molecule is CC(O)CCN(C)CCC(C)CCS. The number of rotatable bonds is 8. The maximum absolute atomic E-state index is 9.13. The lowest BCUT2D eigenvalue weighted by atomic mass is 10.1. The van der Waals surface area contributed by atoms with Crippen LogP contribution in [0.4, 0.5) is 0 Å². The molecule has 0 aromatic rings. The molecule has 0 fully saturated rings. The van der Waals surface area contributed by atoms with Gasteiger partial charge >= 0.3 is 0 Å². The highest BCUT2D eigenvalue weighted by molar-refractivity contribution is 7.80. The van der Waals surface area contributed by atoms with E-state index in [2.05, 4.69) is 31.5 Å². The normalized spacial score (nSPS) is 15.9. The van der Waals surface area contributed by atoms with E-state index < -0.39 is 0 Å². The van der Waals surface area contributed by atoms with E-state index >= 15 is 0 Å². The van der Waals surface area contributed by atoms with Crippen molar-refractivity contribution >= 4 is 12.6 Å². The summed E-state index contributed by atoms with van der Waals surface area (Å²) in [7, 11) is 2.12. The maximum atomic E-state index is 9.13. The van der Waals surface area contributed by atoms with Gasteiger partial charge in [0.1, 0.15) is 0 Å². The highest BCUT2D eigenvalue weighted by Gasteiger charge is 2.04. The fourth-order valence-corrected chi connectivity index (χ4v) is 1.77. The lowest BCUT2D eigenvalue weighted by Crippen LogP contribution is -2.24. The van der Waals surface area contributed by atoms with Crippen molar-refractivity contribution in [3.8, 4) is 0 Å². The summed E-state index contributed by atoms with van der Waals surface area (Å²) in [5.74, 6) is 1.75. The Morgan fingerprint density at radius 3 is 2.21 bits per heavy atom. The van der Waals surface area contributed by atoms with E-state index in [0.717, 1.165) is 31.2 Å². The van der Waals surface area contributed by atoms with Crippen LogP contribution in [0.25, 0.3) is 0 Å². The van der Waals surface area contributed by atoms with Crippen molar-refractivity contribution < 1.29 is 5.11 Å². The van der Waals surface area contributed by atoms with Crippen LogP contribution in [0.5, 0.6) is 0 Å². The number of aliphatic hydroxyl groups excluding tert-OH is 1. The van der Waals surface area contributed by atoms with Crippen LogP contribution in [0, 0.1) is 5.92 Å². The van der Waals surface area contributed by atoms with Gasteiger partial charge in [0.15, 0.2) is 0 Å². The summed E-state index contributed by atoms with van der Waals surface area (Å²) in [6.45, 7) is 6.24. The summed E-state index contributed by atoms with van der Waals surface area (Å²) in [5, 5.41) is 9.13. The Morgan fingerprint density at radius 1 is 1.14 bits per heavy atom. The zero-order valence-electron chi connectivity index (χ0n) is 9.74. The topological polar surface area (TPSA) is 23.5 Å². The van der Waals surface area contributed by atoms with Crippen molar-refractivity contribution in [3.05, 3.63) is 0 Å². The third kappa shape index (κ3) is 8.85. The molecule has 0 amide bonds. The second-order valence-electron chi connectivity index (χ2n) is 4.35. The minimum Gasteiger partial charge on any atom is -0.393 e. The summed E-state index contributed by atoms with van der Waals surface area (Å²) in [4.78, 5) is 2.29. The van der Waals surface area contributed by atoms with Gasteiger partial charge in [-0.25, -0.2) is 0 Å². The van der Waals surface area contributed by atoms with Crippen molar-refractivity contribution in [2.75, 3.05) is 25.9 Å². The molecule has 0 rings (SSSR count). The predicted molar refractivity (Wildman–Crippen MR) is 66.0 cm³/mol. The average molecular weight is 219 g/mol. The van der Waals surface area contributed by atoms with Gasteiger partial charge in [-0.1, -0.05) is 6.92 Å². The number of aliphatic hydroxyl groups is 1. The zero-order chi connectivity index (χ0) is 11.0. The molecule has 3 heteroatoms. The first-order valence-electron chi connectivity index (χ1n) is 5.53. The molecule has 0 aliphatic rings. The molecule has 0 aromatic heterocycles. The Kier molecular flexibility index (Phi) is 8.73. The second kappa shape index (κ2) is 8.57. The molecule has 2 atom stereocenters. The molecule has 86 valence electrons. The van der Waals surface area contributed by atoms with Crippen molar-refractivity contribution in [1.82, 2.24) is 4.90 Å². The lowest BCUT2D eigenvalue weighted by molar-refractivity contribution is 0.162. The largest absolute Gasteiger partial charge is 0.393 e. The van der Waals surface area contributed by atoms with Crippen molar-refractivity contribution in [2.24, 2.45) is 5.92 Å². The van der Waals surface area contributed by atoms with Crippen molar-refractivity contribution in [2.45, 2.75) is 39.2 Å². The van der Waals surface area contributed by atoms with Gasteiger partial charge in [0.25, 0.3) is 0 Å². The van der Waals surface area contributed by atoms with Gasteiger partial charge in [-0.15, -0.1) is 0 Å². The Morgan fingerprint density at radius 2 is 1.71 bits per heavy atom.